The highest BCUT2D eigenvalue weighted by Gasteiger charge is 2.32. The van der Waals surface area contributed by atoms with Crippen LogP contribution in [0.3, 0.4) is 0 Å². The van der Waals surface area contributed by atoms with Crippen molar-refractivity contribution >= 4 is 35.5 Å². The Morgan fingerprint density at radius 2 is 1.29 bits per heavy atom. The summed E-state index contributed by atoms with van der Waals surface area (Å²) < 4.78 is 10.1. The minimum absolute atomic E-state index is 0.178. The summed E-state index contributed by atoms with van der Waals surface area (Å²) in [4.78, 5) is 22.9. The molecule has 0 aromatic rings. The van der Waals surface area contributed by atoms with Crippen LogP contribution in [-0.4, -0.2) is 72.6 Å². The number of thioether (sulfide) groups is 2. The number of aliphatic hydroxyl groups excluding tert-OH is 2. The minimum atomic E-state index is -1.15. The summed E-state index contributed by atoms with van der Waals surface area (Å²) in [5.74, 6) is 0.496. The lowest BCUT2D eigenvalue weighted by Crippen LogP contribution is -2.41. The molecule has 8 heteroatoms. The van der Waals surface area contributed by atoms with E-state index in [0.717, 1.165) is 0 Å². The highest BCUT2D eigenvalue weighted by Crippen LogP contribution is 2.18. The number of hydrogen-bond donors (Lipinski definition) is 2. The van der Waals surface area contributed by atoms with Gasteiger partial charge in [0.25, 0.3) is 0 Å². The smallest absolute Gasteiger partial charge is 0.306 e. The maximum atomic E-state index is 11.5. The van der Waals surface area contributed by atoms with E-state index in [0.29, 0.717) is 11.5 Å². The van der Waals surface area contributed by atoms with E-state index in [1.807, 2.05) is 12.5 Å². The molecule has 0 aliphatic heterocycles. The average Bonchev–Trinajstić information content (AvgIpc) is 2.51. The first-order chi connectivity index (χ1) is 10.0. The number of hydrogen-bond acceptors (Lipinski definition) is 8. The Kier molecular flexibility index (Phi) is 11.9. The number of rotatable bonds is 12. The molecule has 0 aromatic heterocycles. The first-order valence-electron chi connectivity index (χ1n) is 6.54. The van der Waals surface area contributed by atoms with Gasteiger partial charge in [-0.3, -0.25) is 9.59 Å². The van der Waals surface area contributed by atoms with Gasteiger partial charge in [0.05, 0.1) is 31.5 Å². The van der Waals surface area contributed by atoms with Crippen molar-refractivity contribution in [2.75, 3.05) is 50.4 Å². The fourth-order valence-electron chi connectivity index (χ4n) is 1.26. The Labute approximate surface area is 134 Å². The predicted molar refractivity (Wildman–Crippen MR) is 84.5 cm³/mol. The molecular weight excluding hydrogens is 316 g/mol. The molecule has 0 saturated heterocycles. The molecule has 0 fully saturated rings. The van der Waals surface area contributed by atoms with Crippen LogP contribution in [0.25, 0.3) is 0 Å². The topological polar surface area (TPSA) is 93.1 Å². The van der Waals surface area contributed by atoms with Gasteiger partial charge >= 0.3 is 11.9 Å². The monoisotopic (exact) mass is 340 g/mol. The molecule has 0 rings (SSSR count). The van der Waals surface area contributed by atoms with Crippen LogP contribution in [0, 0.1) is 5.41 Å². The van der Waals surface area contributed by atoms with E-state index >= 15 is 0 Å². The third-order valence-electron chi connectivity index (χ3n) is 2.77. The van der Waals surface area contributed by atoms with E-state index < -0.39 is 30.6 Å². The van der Waals surface area contributed by atoms with Gasteiger partial charge in [-0.25, -0.2) is 0 Å². The predicted octanol–water partition coefficient (Wildman–Crippen LogP) is 0.550. The lowest BCUT2D eigenvalue weighted by molar-refractivity contribution is -0.158. The molecule has 0 aliphatic rings. The first-order valence-corrected chi connectivity index (χ1v) is 9.33. The molecule has 0 aliphatic carbocycles. The van der Waals surface area contributed by atoms with Gasteiger partial charge in [-0.15, -0.1) is 0 Å². The standard InChI is InChI=1S/C13H24O6S2/c1-20-5-3-11(16)18-9-13(7-14,8-15)10-19-12(17)4-6-21-2/h14-15H,3-10H2,1-2H3. The SMILES string of the molecule is CSCCC(=O)OCC(CO)(CO)COC(=O)CCSC. The van der Waals surface area contributed by atoms with Crippen LogP contribution in [0.5, 0.6) is 0 Å². The second kappa shape index (κ2) is 12.1. The molecule has 0 amide bonds. The number of esters is 2. The zero-order valence-electron chi connectivity index (χ0n) is 12.5. The van der Waals surface area contributed by atoms with E-state index in [1.165, 1.54) is 23.5 Å². The lowest BCUT2D eigenvalue weighted by Gasteiger charge is -2.28. The Hall–Kier alpha value is -0.440. The lowest BCUT2D eigenvalue weighted by atomic mass is 9.92. The summed E-state index contributed by atoms with van der Waals surface area (Å²) >= 11 is 3.05. The maximum absolute atomic E-state index is 11.5. The van der Waals surface area contributed by atoms with Crippen LogP contribution in [0.2, 0.25) is 0 Å². The molecule has 0 radical (unpaired) electrons. The van der Waals surface area contributed by atoms with Crippen molar-refractivity contribution < 1.29 is 29.3 Å². The van der Waals surface area contributed by atoms with Crippen LogP contribution in [0.15, 0.2) is 0 Å². The van der Waals surface area contributed by atoms with Crippen molar-refractivity contribution in [2.24, 2.45) is 5.41 Å². The Balaban J connectivity index is 4.28. The van der Waals surface area contributed by atoms with Crippen LogP contribution in [-0.2, 0) is 19.1 Å². The molecule has 0 saturated carbocycles. The largest absolute Gasteiger partial charge is 0.465 e. The molecule has 21 heavy (non-hydrogen) atoms. The van der Waals surface area contributed by atoms with E-state index in [9.17, 15) is 19.8 Å². The summed E-state index contributed by atoms with van der Waals surface area (Å²) in [6.45, 7) is -1.23. The number of ether oxygens (including phenoxy) is 2. The molecule has 0 unspecified atom stereocenters. The highest BCUT2D eigenvalue weighted by molar-refractivity contribution is 7.98. The van der Waals surface area contributed by atoms with Crippen molar-refractivity contribution in [1.82, 2.24) is 0 Å². The molecule has 124 valence electrons. The highest BCUT2D eigenvalue weighted by atomic mass is 32.2. The van der Waals surface area contributed by atoms with E-state index in [1.54, 1.807) is 0 Å². The fourth-order valence-corrected chi connectivity index (χ4v) is 2.00. The summed E-state index contributed by atoms with van der Waals surface area (Å²) in [5, 5.41) is 18.8. The van der Waals surface area contributed by atoms with Crippen molar-refractivity contribution in [3.8, 4) is 0 Å². The van der Waals surface area contributed by atoms with Gasteiger partial charge in [0.1, 0.15) is 13.2 Å². The van der Waals surface area contributed by atoms with Crippen molar-refractivity contribution in [2.45, 2.75) is 12.8 Å². The second-order valence-corrected chi connectivity index (χ2v) is 6.59. The normalized spacial score (nSPS) is 11.2. The number of carbonyl (C=O) groups excluding carboxylic acids is 2. The van der Waals surface area contributed by atoms with Crippen molar-refractivity contribution in [3.05, 3.63) is 0 Å². The van der Waals surface area contributed by atoms with Crippen LogP contribution >= 0.6 is 23.5 Å². The average molecular weight is 340 g/mol. The molecule has 0 spiro atoms. The van der Waals surface area contributed by atoms with Gasteiger partial charge in [-0.2, -0.15) is 23.5 Å². The number of aliphatic hydroxyl groups is 2. The molecule has 0 bridgehead atoms. The molecule has 0 atom stereocenters. The zero-order chi connectivity index (χ0) is 16.1. The summed E-state index contributed by atoms with van der Waals surface area (Å²) in [5.41, 5.74) is -1.15. The summed E-state index contributed by atoms with van der Waals surface area (Å²) in [6.07, 6.45) is 4.29. The molecule has 6 nitrogen and oxygen atoms in total. The van der Waals surface area contributed by atoms with Crippen molar-refractivity contribution in [1.29, 1.82) is 0 Å². The quantitative estimate of drug-likeness (QED) is 0.498. The second-order valence-electron chi connectivity index (χ2n) is 4.62. The van der Waals surface area contributed by atoms with Crippen LogP contribution < -0.4 is 0 Å². The summed E-state index contributed by atoms with van der Waals surface area (Å²) in [6, 6.07) is 0. The Bertz CT molecular complexity index is 281. The third-order valence-corrected chi connectivity index (χ3v) is 3.99. The number of carbonyl (C=O) groups is 2. The molecule has 0 heterocycles. The van der Waals surface area contributed by atoms with Crippen LogP contribution in [0.1, 0.15) is 12.8 Å². The summed E-state index contributed by atoms with van der Waals surface area (Å²) in [7, 11) is 0. The minimum Gasteiger partial charge on any atom is -0.465 e. The van der Waals surface area contributed by atoms with Gasteiger partial charge in [0.2, 0.25) is 0 Å². The Morgan fingerprint density at radius 1 is 0.905 bits per heavy atom. The molecule has 0 aromatic carbocycles. The molecular formula is C13H24O6S2. The Morgan fingerprint density at radius 3 is 1.57 bits per heavy atom. The molecule has 2 N–H and O–H groups in total. The van der Waals surface area contributed by atoms with E-state index in [-0.39, 0.29) is 26.1 Å². The van der Waals surface area contributed by atoms with Crippen molar-refractivity contribution in [3.63, 3.8) is 0 Å². The fraction of sp³-hybridized carbons (Fsp3) is 0.846. The first kappa shape index (κ1) is 20.6. The zero-order valence-corrected chi connectivity index (χ0v) is 14.1. The third kappa shape index (κ3) is 9.23. The van der Waals surface area contributed by atoms with Gasteiger partial charge < -0.3 is 19.7 Å². The van der Waals surface area contributed by atoms with E-state index in [4.69, 9.17) is 9.47 Å². The van der Waals surface area contributed by atoms with Gasteiger partial charge in [0, 0.05) is 11.5 Å². The van der Waals surface area contributed by atoms with E-state index in [2.05, 4.69) is 0 Å². The maximum Gasteiger partial charge on any atom is 0.306 e. The van der Waals surface area contributed by atoms with Gasteiger partial charge in [-0.1, -0.05) is 0 Å². The van der Waals surface area contributed by atoms with Crippen LogP contribution in [0.4, 0.5) is 0 Å². The van der Waals surface area contributed by atoms with Gasteiger partial charge in [-0.05, 0) is 12.5 Å². The van der Waals surface area contributed by atoms with Gasteiger partial charge in [0.15, 0.2) is 0 Å².